The second kappa shape index (κ2) is 6.79. The van der Waals surface area contributed by atoms with E-state index < -0.39 is 29.0 Å². The van der Waals surface area contributed by atoms with Crippen LogP contribution in [0.3, 0.4) is 0 Å². The molecule has 0 aliphatic carbocycles. The Balaban J connectivity index is 1.94. The lowest BCUT2D eigenvalue weighted by molar-refractivity contribution is -0.137. The van der Waals surface area contributed by atoms with E-state index in [-0.39, 0.29) is 12.6 Å². The van der Waals surface area contributed by atoms with E-state index in [2.05, 4.69) is 10.6 Å². The smallest absolute Gasteiger partial charge is 0.376 e. The van der Waals surface area contributed by atoms with Crippen molar-refractivity contribution in [2.24, 2.45) is 0 Å². The minimum absolute atomic E-state index is 0.114. The highest BCUT2D eigenvalue weighted by Gasteiger charge is 2.31. The maximum Gasteiger partial charge on any atom is 0.417 e. The normalized spacial score (nSPS) is 18.8. The Morgan fingerprint density at radius 3 is 2.82 bits per heavy atom. The number of carbonyl (C=O) groups excluding carboxylic acids is 1. The summed E-state index contributed by atoms with van der Waals surface area (Å²) in [6, 6.07) is -0.238. The first-order valence-electron chi connectivity index (χ1n) is 6.40. The standard InChI is InChI=1S/C12H14F3N3O4/c13-12(14,15)7-3-9(10(19)16-4-7)18-11(20)17-5-8-6-21-1-2-22-8/h3-4,8H,1-2,5-6H2,(H,16,19)(H2,17,18,20). The number of hydrogen-bond acceptors (Lipinski definition) is 4. The molecule has 10 heteroatoms. The Morgan fingerprint density at radius 1 is 1.41 bits per heavy atom. The van der Waals surface area contributed by atoms with Crippen LogP contribution >= 0.6 is 0 Å². The van der Waals surface area contributed by atoms with Crippen LogP contribution in [0.2, 0.25) is 0 Å². The minimum Gasteiger partial charge on any atom is -0.376 e. The maximum absolute atomic E-state index is 12.5. The first kappa shape index (κ1) is 16.3. The van der Waals surface area contributed by atoms with Crippen molar-refractivity contribution >= 4 is 11.7 Å². The third-order valence-corrected chi connectivity index (χ3v) is 2.85. The molecule has 1 aromatic rings. The average molecular weight is 321 g/mol. The van der Waals surface area contributed by atoms with E-state index >= 15 is 0 Å². The van der Waals surface area contributed by atoms with Gasteiger partial charge in [-0.05, 0) is 6.07 Å². The second-order valence-corrected chi connectivity index (χ2v) is 4.53. The molecule has 2 heterocycles. The Bertz CT molecular complexity index is 582. The first-order chi connectivity index (χ1) is 10.4. The van der Waals surface area contributed by atoms with Gasteiger partial charge in [0.2, 0.25) is 0 Å². The number of aromatic nitrogens is 1. The predicted molar refractivity (Wildman–Crippen MR) is 69.6 cm³/mol. The SMILES string of the molecule is O=C(NCC1COCCO1)Nc1cc(C(F)(F)F)c[nH]c1=O. The second-order valence-electron chi connectivity index (χ2n) is 4.53. The molecule has 1 fully saturated rings. The Hall–Kier alpha value is -2.07. The number of anilines is 1. The number of hydrogen-bond donors (Lipinski definition) is 3. The van der Waals surface area contributed by atoms with Crippen LogP contribution in [-0.2, 0) is 15.7 Å². The molecule has 22 heavy (non-hydrogen) atoms. The molecule has 122 valence electrons. The molecule has 3 N–H and O–H groups in total. The van der Waals surface area contributed by atoms with Crippen molar-refractivity contribution in [1.29, 1.82) is 0 Å². The number of carbonyl (C=O) groups is 1. The van der Waals surface area contributed by atoms with E-state index in [0.29, 0.717) is 32.1 Å². The number of nitrogens with one attached hydrogen (secondary N) is 3. The summed E-state index contributed by atoms with van der Waals surface area (Å²) in [5.74, 6) is 0. The van der Waals surface area contributed by atoms with E-state index in [4.69, 9.17) is 9.47 Å². The molecular weight excluding hydrogens is 307 g/mol. The molecular formula is C12H14F3N3O4. The molecule has 7 nitrogen and oxygen atoms in total. The van der Waals surface area contributed by atoms with Gasteiger partial charge in [-0.25, -0.2) is 4.79 Å². The number of ether oxygens (including phenoxy) is 2. The Kier molecular flexibility index (Phi) is 5.03. The number of amides is 2. The van der Waals surface area contributed by atoms with Crippen LogP contribution in [0, 0.1) is 0 Å². The molecule has 0 bridgehead atoms. The van der Waals surface area contributed by atoms with Crippen molar-refractivity contribution in [3.63, 3.8) is 0 Å². The summed E-state index contributed by atoms with van der Waals surface area (Å²) in [6.45, 7) is 1.30. The van der Waals surface area contributed by atoms with Gasteiger partial charge in [-0.3, -0.25) is 4.79 Å². The highest BCUT2D eigenvalue weighted by atomic mass is 19.4. The van der Waals surface area contributed by atoms with Gasteiger partial charge in [0.25, 0.3) is 5.56 Å². The molecule has 1 unspecified atom stereocenters. The summed E-state index contributed by atoms with van der Waals surface area (Å²) in [5, 5.41) is 4.47. The number of H-pyrrole nitrogens is 1. The van der Waals surface area contributed by atoms with Crippen molar-refractivity contribution in [1.82, 2.24) is 10.3 Å². The molecule has 2 rings (SSSR count). The van der Waals surface area contributed by atoms with Crippen molar-refractivity contribution in [3.05, 3.63) is 28.2 Å². The number of rotatable bonds is 3. The monoisotopic (exact) mass is 321 g/mol. The van der Waals surface area contributed by atoms with E-state index in [9.17, 15) is 22.8 Å². The third kappa shape index (κ3) is 4.46. The van der Waals surface area contributed by atoms with Crippen LogP contribution < -0.4 is 16.2 Å². The van der Waals surface area contributed by atoms with Gasteiger partial charge in [0, 0.05) is 12.7 Å². The van der Waals surface area contributed by atoms with Gasteiger partial charge in [0.05, 0.1) is 31.5 Å². The lowest BCUT2D eigenvalue weighted by Crippen LogP contribution is -2.41. The highest BCUT2D eigenvalue weighted by molar-refractivity contribution is 5.89. The molecule has 2 amide bonds. The summed E-state index contributed by atoms with van der Waals surface area (Å²) < 4.78 is 48.1. The molecule has 1 aliphatic heterocycles. The molecule has 1 aromatic heterocycles. The van der Waals surface area contributed by atoms with Gasteiger partial charge >= 0.3 is 12.2 Å². The minimum atomic E-state index is -4.62. The summed E-state index contributed by atoms with van der Waals surface area (Å²) >= 11 is 0. The summed E-state index contributed by atoms with van der Waals surface area (Å²) in [7, 11) is 0. The van der Waals surface area contributed by atoms with Crippen LogP contribution in [0.4, 0.5) is 23.7 Å². The predicted octanol–water partition coefficient (Wildman–Crippen LogP) is 0.931. The van der Waals surface area contributed by atoms with Gasteiger partial charge in [0.15, 0.2) is 0 Å². The third-order valence-electron chi connectivity index (χ3n) is 2.85. The largest absolute Gasteiger partial charge is 0.417 e. The van der Waals surface area contributed by atoms with Crippen LogP contribution in [0.15, 0.2) is 17.1 Å². The van der Waals surface area contributed by atoms with Crippen LogP contribution in [-0.4, -0.2) is 43.5 Å². The van der Waals surface area contributed by atoms with Gasteiger partial charge in [-0.2, -0.15) is 13.2 Å². The van der Waals surface area contributed by atoms with Gasteiger partial charge < -0.3 is 25.1 Å². The van der Waals surface area contributed by atoms with Crippen LogP contribution in [0.1, 0.15) is 5.56 Å². The molecule has 0 spiro atoms. The topological polar surface area (TPSA) is 92.4 Å². The lowest BCUT2D eigenvalue weighted by Gasteiger charge is -2.23. The van der Waals surface area contributed by atoms with Gasteiger partial charge in [-0.1, -0.05) is 0 Å². The van der Waals surface area contributed by atoms with Crippen LogP contribution in [0.5, 0.6) is 0 Å². The number of pyridine rings is 1. The Labute approximate surface area is 122 Å². The van der Waals surface area contributed by atoms with E-state index in [1.807, 2.05) is 4.98 Å². The molecule has 0 saturated carbocycles. The molecule has 1 aliphatic rings. The van der Waals surface area contributed by atoms with Crippen molar-refractivity contribution in [3.8, 4) is 0 Å². The zero-order valence-electron chi connectivity index (χ0n) is 11.3. The summed E-state index contributed by atoms with van der Waals surface area (Å²) in [6.07, 6.45) is -4.41. The number of aromatic amines is 1. The fourth-order valence-electron chi connectivity index (χ4n) is 1.77. The zero-order valence-corrected chi connectivity index (χ0v) is 11.3. The first-order valence-corrected chi connectivity index (χ1v) is 6.40. The van der Waals surface area contributed by atoms with E-state index in [1.54, 1.807) is 0 Å². The fraction of sp³-hybridized carbons (Fsp3) is 0.500. The average Bonchev–Trinajstić information content (AvgIpc) is 2.47. The lowest BCUT2D eigenvalue weighted by atomic mass is 10.2. The van der Waals surface area contributed by atoms with Crippen molar-refractivity contribution in [2.75, 3.05) is 31.7 Å². The van der Waals surface area contributed by atoms with E-state index in [1.165, 1.54) is 0 Å². The van der Waals surface area contributed by atoms with Crippen molar-refractivity contribution < 1.29 is 27.4 Å². The maximum atomic E-state index is 12.5. The van der Waals surface area contributed by atoms with Crippen molar-refractivity contribution in [2.45, 2.75) is 12.3 Å². The number of urea groups is 1. The van der Waals surface area contributed by atoms with Gasteiger partial charge in [-0.15, -0.1) is 0 Å². The molecule has 0 aromatic carbocycles. The molecule has 1 saturated heterocycles. The quantitative estimate of drug-likeness (QED) is 0.772. The summed E-state index contributed by atoms with van der Waals surface area (Å²) in [4.78, 5) is 25.0. The molecule has 1 atom stereocenters. The zero-order chi connectivity index (χ0) is 16.2. The summed E-state index contributed by atoms with van der Waals surface area (Å²) in [5.41, 5.74) is -2.39. The van der Waals surface area contributed by atoms with Crippen LogP contribution in [0.25, 0.3) is 0 Å². The van der Waals surface area contributed by atoms with Gasteiger partial charge in [0.1, 0.15) is 5.69 Å². The number of halogens is 3. The fourth-order valence-corrected chi connectivity index (χ4v) is 1.77. The number of alkyl halides is 3. The Morgan fingerprint density at radius 2 is 2.18 bits per heavy atom. The van der Waals surface area contributed by atoms with E-state index in [0.717, 1.165) is 0 Å². The highest BCUT2D eigenvalue weighted by Crippen LogP contribution is 2.29. The molecule has 0 radical (unpaired) electrons.